The molecule has 3 saturated carbocycles. The Balaban J connectivity index is 1.60. The molecule has 140 valence electrons. The lowest BCUT2D eigenvalue weighted by atomic mass is 9.49. The summed E-state index contributed by atoms with van der Waals surface area (Å²) in [5.74, 6) is 2.80. The summed E-state index contributed by atoms with van der Waals surface area (Å²) in [7, 11) is 0. The van der Waals surface area contributed by atoms with Gasteiger partial charge in [0.15, 0.2) is 5.78 Å². The lowest BCUT2D eigenvalue weighted by Gasteiger charge is -2.58. The zero-order valence-electron chi connectivity index (χ0n) is 16.9. The Morgan fingerprint density at radius 2 is 1.76 bits per heavy atom. The highest BCUT2D eigenvalue weighted by molar-refractivity contribution is 5.91. The average Bonchev–Trinajstić information content (AvgIpc) is 2.83. The third-order valence-electron chi connectivity index (χ3n) is 8.37. The van der Waals surface area contributed by atoms with Gasteiger partial charge in [0.2, 0.25) is 0 Å². The highest BCUT2D eigenvalue weighted by atomic mass is 16.5. The van der Waals surface area contributed by atoms with Gasteiger partial charge in [-0.1, -0.05) is 19.4 Å². The second-order valence-electron chi connectivity index (χ2n) is 10.8. The number of hydrogen-bond acceptors (Lipinski definition) is 2. The molecule has 0 aromatic carbocycles. The molecular formula is C23H36O2. The molecule has 0 saturated heterocycles. The van der Waals surface area contributed by atoms with Gasteiger partial charge < -0.3 is 4.74 Å². The Kier molecular flexibility index (Phi) is 4.04. The zero-order valence-corrected chi connectivity index (χ0v) is 16.9. The summed E-state index contributed by atoms with van der Waals surface area (Å²) < 4.78 is 6.54. The van der Waals surface area contributed by atoms with Crippen LogP contribution in [0.5, 0.6) is 0 Å². The van der Waals surface area contributed by atoms with Crippen LogP contribution in [0.4, 0.5) is 0 Å². The van der Waals surface area contributed by atoms with Crippen LogP contribution in [0.3, 0.4) is 0 Å². The van der Waals surface area contributed by atoms with E-state index in [4.69, 9.17) is 4.74 Å². The summed E-state index contributed by atoms with van der Waals surface area (Å²) in [6, 6.07) is 0. The summed E-state index contributed by atoms with van der Waals surface area (Å²) in [6.07, 6.45) is 11.9. The first-order valence-corrected chi connectivity index (χ1v) is 10.6. The predicted octanol–water partition coefficient (Wildman–Crippen LogP) is 5.70. The fourth-order valence-electron chi connectivity index (χ4n) is 7.13. The standard InChI is InChI=1S/C23H36O2/c1-21(2,3)25-20-9-8-18-17-7-6-15-14-16(24)10-12-22(15,4)19(17)11-13-23(18,20)5/h14,17-20H,6-13H2,1-5H3/t17-,18-,19-,20-,22-,23-/m0/s1/i10+1,14+1,16+1. The maximum Gasteiger partial charge on any atom is 0.155 e. The normalized spacial score (nSPS) is 46.9. The Labute approximate surface area is 153 Å². The molecule has 4 aliphatic rings. The summed E-state index contributed by atoms with van der Waals surface area (Å²) in [6.45, 7) is 11.6. The number of rotatable bonds is 1. The summed E-state index contributed by atoms with van der Waals surface area (Å²) in [5.41, 5.74) is 2.09. The van der Waals surface area contributed by atoms with Crippen LogP contribution in [0.2, 0.25) is 0 Å². The van der Waals surface area contributed by atoms with Crippen molar-refractivity contribution in [3.05, 3.63) is 11.6 Å². The minimum absolute atomic E-state index is 0.0440. The van der Waals surface area contributed by atoms with Crippen LogP contribution in [-0.2, 0) is 9.53 Å². The van der Waals surface area contributed by atoms with Crippen molar-refractivity contribution in [1.29, 1.82) is 0 Å². The fourth-order valence-corrected chi connectivity index (χ4v) is 7.13. The van der Waals surface area contributed by atoms with Gasteiger partial charge >= 0.3 is 0 Å². The lowest BCUT2D eigenvalue weighted by molar-refractivity contribution is -0.139. The van der Waals surface area contributed by atoms with Crippen LogP contribution < -0.4 is 0 Å². The van der Waals surface area contributed by atoms with E-state index in [2.05, 4.69) is 34.6 Å². The zero-order chi connectivity index (χ0) is 18.0. The molecular weight excluding hydrogens is 311 g/mol. The molecule has 0 aliphatic heterocycles. The fraction of sp³-hybridized carbons (Fsp3) is 0.870. The smallest absolute Gasteiger partial charge is 0.155 e. The molecule has 0 aromatic rings. The van der Waals surface area contributed by atoms with Gasteiger partial charge in [0.1, 0.15) is 0 Å². The first-order valence-electron chi connectivity index (χ1n) is 10.6. The maximum absolute atomic E-state index is 11.9. The van der Waals surface area contributed by atoms with Crippen LogP contribution in [0.15, 0.2) is 11.6 Å². The first-order chi connectivity index (χ1) is 11.6. The summed E-state index contributed by atoms with van der Waals surface area (Å²) in [4.78, 5) is 11.9. The number of carbonyl (C=O) groups excluding carboxylic acids is 1. The van der Waals surface area contributed by atoms with E-state index in [9.17, 15) is 4.79 Å². The number of hydrogen-bond donors (Lipinski definition) is 0. The van der Waals surface area contributed by atoms with E-state index in [0.29, 0.717) is 22.7 Å². The van der Waals surface area contributed by atoms with Crippen molar-refractivity contribution in [3.63, 3.8) is 0 Å². The van der Waals surface area contributed by atoms with Gasteiger partial charge in [0, 0.05) is 6.42 Å². The molecule has 6 atom stereocenters. The van der Waals surface area contributed by atoms with Gasteiger partial charge in [-0.05, 0) is 100 Å². The topological polar surface area (TPSA) is 26.3 Å². The third kappa shape index (κ3) is 2.74. The molecule has 2 nitrogen and oxygen atoms in total. The molecule has 25 heavy (non-hydrogen) atoms. The molecule has 0 bridgehead atoms. The van der Waals surface area contributed by atoms with Gasteiger partial charge in [0.25, 0.3) is 0 Å². The second kappa shape index (κ2) is 5.68. The number of ketones is 1. The minimum atomic E-state index is -0.0440. The van der Waals surface area contributed by atoms with Crippen molar-refractivity contribution >= 4 is 5.78 Å². The van der Waals surface area contributed by atoms with E-state index in [-0.39, 0.29) is 5.60 Å². The Morgan fingerprint density at radius 1 is 1.00 bits per heavy atom. The molecule has 2 heteroatoms. The monoisotopic (exact) mass is 347 g/mol. The van der Waals surface area contributed by atoms with E-state index in [1.54, 1.807) is 0 Å². The van der Waals surface area contributed by atoms with Crippen LogP contribution in [-0.4, -0.2) is 17.5 Å². The van der Waals surface area contributed by atoms with Gasteiger partial charge in [-0.2, -0.15) is 0 Å². The predicted molar refractivity (Wildman–Crippen MR) is 101 cm³/mol. The Bertz CT molecular complexity index is 598. The van der Waals surface area contributed by atoms with Crippen molar-refractivity contribution in [3.8, 4) is 0 Å². The number of fused-ring (bicyclic) bond motifs is 5. The molecule has 4 rings (SSSR count). The lowest BCUT2D eigenvalue weighted by Crippen LogP contribution is -2.52. The van der Waals surface area contributed by atoms with Gasteiger partial charge in [-0.3, -0.25) is 4.79 Å². The van der Waals surface area contributed by atoms with Crippen molar-refractivity contribution in [2.24, 2.45) is 28.6 Å². The molecule has 4 aliphatic carbocycles. The minimum Gasteiger partial charge on any atom is -0.372 e. The van der Waals surface area contributed by atoms with Crippen molar-refractivity contribution < 1.29 is 9.53 Å². The van der Waals surface area contributed by atoms with Crippen LogP contribution in [0, 0.1) is 28.6 Å². The van der Waals surface area contributed by atoms with E-state index < -0.39 is 0 Å². The molecule has 0 spiro atoms. The average molecular weight is 348 g/mol. The SMILES string of the molecule is CC(C)(C)O[C@H]1CC[C@H]2[C@@H]3CCC4=[13CH][13C](=O)[13CH2]C[C@]4(C)[C@H]3CC[C@]12C. The highest BCUT2D eigenvalue weighted by Crippen LogP contribution is 2.65. The number of carbonyl (C=O) groups is 1. The van der Waals surface area contributed by atoms with Crippen molar-refractivity contribution in [2.75, 3.05) is 0 Å². The summed E-state index contributed by atoms with van der Waals surface area (Å²) in [5, 5.41) is 0. The van der Waals surface area contributed by atoms with E-state index in [1.165, 1.54) is 37.7 Å². The largest absolute Gasteiger partial charge is 0.372 e. The van der Waals surface area contributed by atoms with E-state index in [0.717, 1.165) is 37.0 Å². The molecule has 0 radical (unpaired) electrons. The number of ether oxygens (including phenoxy) is 1. The highest BCUT2D eigenvalue weighted by Gasteiger charge is 2.59. The Morgan fingerprint density at radius 3 is 2.48 bits per heavy atom. The maximum atomic E-state index is 11.9. The van der Waals surface area contributed by atoms with Crippen molar-refractivity contribution in [1.82, 2.24) is 0 Å². The molecule has 0 heterocycles. The van der Waals surface area contributed by atoms with Crippen LogP contribution in [0.25, 0.3) is 0 Å². The molecule has 0 N–H and O–H groups in total. The van der Waals surface area contributed by atoms with Gasteiger partial charge in [-0.25, -0.2) is 0 Å². The van der Waals surface area contributed by atoms with Crippen LogP contribution in [0.1, 0.15) is 86.0 Å². The van der Waals surface area contributed by atoms with E-state index >= 15 is 0 Å². The number of allylic oxidation sites excluding steroid dienone is 1. The third-order valence-corrected chi connectivity index (χ3v) is 8.37. The van der Waals surface area contributed by atoms with Crippen molar-refractivity contribution in [2.45, 2.75) is 97.7 Å². The quantitative estimate of drug-likeness (QED) is 0.569. The summed E-state index contributed by atoms with van der Waals surface area (Å²) >= 11 is 0. The van der Waals surface area contributed by atoms with Crippen LogP contribution >= 0.6 is 0 Å². The Hall–Kier alpha value is -0.630. The second-order valence-corrected chi connectivity index (χ2v) is 10.8. The first kappa shape index (κ1) is 17.8. The molecule has 3 fully saturated rings. The molecule has 0 amide bonds. The molecule has 0 aromatic heterocycles. The van der Waals surface area contributed by atoms with Gasteiger partial charge in [-0.15, -0.1) is 0 Å². The molecule has 0 unspecified atom stereocenters. The van der Waals surface area contributed by atoms with E-state index in [1.807, 2.05) is 6.08 Å². The van der Waals surface area contributed by atoms with Gasteiger partial charge in [0.05, 0.1) is 11.7 Å².